The predicted octanol–water partition coefficient (Wildman–Crippen LogP) is 3.12. The number of hydrogen-bond donors (Lipinski definition) is 1. The van der Waals surface area contributed by atoms with E-state index in [1.165, 1.54) is 25.9 Å². The van der Waals surface area contributed by atoms with Gasteiger partial charge in [-0.15, -0.1) is 0 Å². The summed E-state index contributed by atoms with van der Waals surface area (Å²) < 4.78 is 5.34. The molecule has 6 nitrogen and oxygen atoms in total. The van der Waals surface area contributed by atoms with E-state index >= 15 is 0 Å². The molecule has 2 aliphatic rings. The van der Waals surface area contributed by atoms with Crippen molar-refractivity contribution in [3.8, 4) is 0 Å². The van der Waals surface area contributed by atoms with Crippen LogP contribution in [0.5, 0.6) is 0 Å². The molecule has 0 spiro atoms. The van der Waals surface area contributed by atoms with Gasteiger partial charge in [-0.1, -0.05) is 13.8 Å². The summed E-state index contributed by atoms with van der Waals surface area (Å²) in [5.74, 6) is 1.59. The molecule has 2 rings (SSSR count). The largest absolute Gasteiger partial charge is 0.444 e. The number of carbonyl (C=O) groups excluding carboxylic acids is 2. The molecule has 1 N–H and O–H groups in total. The van der Waals surface area contributed by atoms with E-state index in [0.717, 1.165) is 37.8 Å². The van der Waals surface area contributed by atoms with Crippen molar-refractivity contribution in [1.82, 2.24) is 15.1 Å². The first kappa shape index (κ1) is 22.0. The van der Waals surface area contributed by atoms with Crippen LogP contribution < -0.4 is 5.32 Å². The highest BCUT2D eigenvalue weighted by Gasteiger charge is 2.34. The van der Waals surface area contributed by atoms with Gasteiger partial charge in [-0.25, -0.2) is 4.79 Å². The van der Waals surface area contributed by atoms with Gasteiger partial charge in [0.25, 0.3) is 0 Å². The van der Waals surface area contributed by atoms with Crippen molar-refractivity contribution in [1.29, 1.82) is 0 Å². The van der Waals surface area contributed by atoms with Gasteiger partial charge < -0.3 is 19.9 Å². The van der Waals surface area contributed by atoms with Crippen LogP contribution in [0, 0.1) is 17.8 Å². The van der Waals surface area contributed by atoms with Crippen molar-refractivity contribution in [2.75, 3.05) is 33.2 Å². The van der Waals surface area contributed by atoms with Crippen LogP contribution in [0.25, 0.3) is 0 Å². The minimum absolute atomic E-state index is 0.0247. The number of ether oxygens (including phenoxy) is 1. The van der Waals surface area contributed by atoms with E-state index < -0.39 is 17.7 Å². The molecule has 0 aromatic carbocycles. The summed E-state index contributed by atoms with van der Waals surface area (Å²) in [7, 11) is 2.20. The number of likely N-dealkylation sites (tertiary alicyclic amines) is 2. The zero-order valence-electron chi connectivity index (χ0n) is 18.1. The molecular formula is C21H39N3O3. The lowest BCUT2D eigenvalue weighted by Gasteiger charge is -2.40. The highest BCUT2D eigenvalue weighted by molar-refractivity contribution is 5.86. The summed E-state index contributed by atoms with van der Waals surface area (Å²) in [5.41, 5.74) is -0.568. The molecule has 0 aromatic heterocycles. The highest BCUT2D eigenvalue weighted by Crippen LogP contribution is 2.32. The van der Waals surface area contributed by atoms with Crippen LogP contribution in [0.3, 0.4) is 0 Å². The molecule has 0 radical (unpaired) electrons. The van der Waals surface area contributed by atoms with Gasteiger partial charge in [-0.3, -0.25) is 4.79 Å². The first-order valence-corrected chi connectivity index (χ1v) is 10.5. The topological polar surface area (TPSA) is 61.9 Å². The van der Waals surface area contributed by atoms with Crippen molar-refractivity contribution in [3.63, 3.8) is 0 Å². The number of alkyl carbamates (subject to hydrolysis) is 1. The zero-order chi connectivity index (χ0) is 20.2. The lowest BCUT2D eigenvalue weighted by molar-refractivity contribution is -0.136. The van der Waals surface area contributed by atoms with Crippen molar-refractivity contribution in [3.05, 3.63) is 0 Å². The third kappa shape index (κ3) is 6.66. The Labute approximate surface area is 165 Å². The maximum atomic E-state index is 13.0. The Morgan fingerprint density at radius 1 is 0.963 bits per heavy atom. The first-order valence-electron chi connectivity index (χ1n) is 10.5. The number of nitrogens with one attached hydrogen (secondary N) is 1. The van der Waals surface area contributed by atoms with Crippen LogP contribution in [0.4, 0.5) is 4.79 Å². The molecule has 0 aromatic rings. The molecule has 1 atom stereocenters. The molecule has 2 fully saturated rings. The molecule has 2 aliphatic heterocycles. The smallest absolute Gasteiger partial charge is 0.408 e. The van der Waals surface area contributed by atoms with Crippen LogP contribution >= 0.6 is 0 Å². The van der Waals surface area contributed by atoms with E-state index in [-0.39, 0.29) is 11.8 Å². The Morgan fingerprint density at radius 2 is 1.44 bits per heavy atom. The predicted molar refractivity (Wildman–Crippen MR) is 108 cm³/mol. The van der Waals surface area contributed by atoms with Crippen molar-refractivity contribution in [2.45, 2.75) is 71.9 Å². The van der Waals surface area contributed by atoms with Gasteiger partial charge in [-0.2, -0.15) is 0 Å². The van der Waals surface area contributed by atoms with Crippen molar-refractivity contribution >= 4 is 12.0 Å². The Kier molecular flexibility index (Phi) is 7.55. The second-order valence-electron chi connectivity index (χ2n) is 9.67. The highest BCUT2D eigenvalue weighted by atomic mass is 16.6. The molecule has 0 unspecified atom stereocenters. The Balaban J connectivity index is 1.87. The average molecular weight is 382 g/mol. The first-order chi connectivity index (χ1) is 12.6. The fourth-order valence-electron chi connectivity index (χ4n) is 4.24. The second-order valence-corrected chi connectivity index (χ2v) is 9.67. The summed E-state index contributed by atoms with van der Waals surface area (Å²) in [6, 6.07) is -0.528. The van der Waals surface area contributed by atoms with E-state index in [1.807, 2.05) is 39.5 Å². The number of carbonyl (C=O) groups is 2. The normalized spacial score (nSPS) is 22.0. The third-order valence-corrected chi connectivity index (χ3v) is 5.89. The summed E-state index contributed by atoms with van der Waals surface area (Å²) in [4.78, 5) is 29.5. The van der Waals surface area contributed by atoms with Gasteiger partial charge in [0.15, 0.2) is 0 Å². The molecule has 6 heteroatoms. The number of amides is 2. The van der Waals surface area contributed by atoms with Gasteiger partial charge in [-0.05, 0) is 84.3 Å². The van der Waals surface area contributed by atoms with Gasteiger partial charge in [0.2, 0.25) is 5.91 Å². The van der Waals surface area contributed by atoms with Crippen LogP contribution in [0.2, 0.25) is 0 Å². The molecule has 2 heterocycles. The summed E-state index contributed by atoms with van der Waals surface area (Å²) in [6.45, 7) is 13.4. The molecule has 0 saturated carbocycles. The lowest BCUT2D eigenvalue weighted by Crippen LogP contribution is -2.54. The molecule has 0 aliphatic carbocycles. The maximum Gasteiger partial charge on any atom is 0.408 e. The molecule has 156 valence electrons. The number of piperidine rings is 2. The van der Waals surface area contributed by atoms with Crippen molar-refractivity contribution in [2.24, 2.45) is 17.8 Å². The van der Waals surface area contributed by atoms with Crippen LogP contribution in [-0.4, -0.2) is 66.7 Å². The van der Waals surface area contributed by atoms with E-state index in [4.69, 9.17) is 4.74 Å². The molecule has 2 saturated heterocycles. The second kappa shape index (κ2) is 9.26. The molecular weight excluding hydrogens is 342 g/mol. The zero-order valence-corrected chi connectivity index (χ0v) is 18.1. The summed E-state index contributed by atoms with van der Waals surface area (Å²) in [5, 5.41) is 2.79. The summed E-state index contributed by atoms with van der Waals surface area (Å²) >= 11 is 0. The Bertz CT molecular complexity index is 499. The Hall–Kier alpha value is -1.30. The van der Waals surface area contributed by atoms with Gasteiger partial charge in [0.05, 0.1) is 0 Å². The van der Waals surface area contributed by atoms with Gasteiger partial charge in [0, 0.05) is 13.1 Å². The molecule has 27 heavy (non-hydrogen) atoms. The maximum absolute atomic E-state index is 13.0. The van der Waals surface area contributed by atoms with E-state index in [9.17, 15) is 9.59 Å². The molecule has 0 bridgehead atoms. The van der Waals surface area contributed by atoms with E-state index in [1.54, 1.807) is 0 Å². The Morgan fingerprint density at radius 3 is 1.89 bits per heavy atom. The fourth-order valence-corrected chi connectivity index (χ4v) is 4.24. The minimum Gasteiger partial charge on any atom is -0.444 e. The van der Waals surface area contributed by atoms with Gasteiger partial charge in [0.1, 0.15) is 11.6 Å². The number of rotatable bonds is 4. The standard InChI is InChI=1S/C21H39N3O3/c1-15(2)18(22-20(26)27-21(3,4)5)19(25)24-13-9-17(10-14-24)16-7-11-23(6)12-8-16/h15-18H,7-14H2,1-6H3,(H,22,26)/t18-/m1/s1. The van der Waals surface area contributed by atoms with Crippen molar-refractivity contribution < 1.29 is 14.3 Å². The number of nitrogens with zero attached hydrogens (tertiary/aromatic N) is 2. The molecule has 2 amide bonds. The third-order valence-electron chi connectivity index (χ3n) is 5.89. The SMILES string of the molecule is CC(C)[C@@H](NC(=O)OC(C)(C)C)C(=O)N1CCC(C2CCN(C)CC2)CC1. The fraction of sp³-hybridized carbons (Fsp3) is 0.905. The van der Waals surface area contributed by atoms with Gasteiger partial charge >= 0.3 is 6.09 Å². The summed E-state index contributed by atoms with van der Waals surface area (Å²) in [6.07, 6.45) is 4.21. The number of hydrogen-bond acceptors (Lipinski definition) is 4. The van der Waals surface area contributed by atoms with E-state index in [0.29, 0.717) is 0 Å². The minimum atomic E-state index is -0.568. The van der Waals surface area contributed by atoms with Crippen LogP contribution in [0.15, 0.2) is 0 Å². The monoisotopic (exact) mass is 381 g/mol. The van der Waals surface area contributed by atoms with Crippen LogP contribution in [-0.2, 0) is 9.53 Å². The average Bonchev–Trinajstić information content (AvgIpc) is 2.58. The van der Waals surface area contributed by atoms with Crippen LogP contribution in [0.1, 0.15) is 60.3 Å². The van der Waals surface area contributed by atoms with E-state index in [2.05, 4.69) is 17.3 Å². The quantitative estimate of drug-likeness (QED) is 0.813. The lowest BCUT2D eigenvalue weighted by atomic mass is 9.78.